The van der Waals surface area contributed by atoms with Crippen LogP contribution in [0.1, 0.15) is 64.5 Å². The molecule has 0 amide bonds. The third-order valence-corrected chi connectivity index (χ3v) is 4.44. The first-order valence-electron chi connectivity index (χ1n) is 7.98. The Morgan fingerprint density at radius 3 is 2.42 bits per heavy atom. The van der Waals surface area contributed by atoms with Crippen molar-refractivity contribution in [2.75, 3.05) is 0 Å². The maximum Gasteiger partial charge on any atom is 0.0325 e. The molecule has 3 unspecified atom stereocenters. The summed E-state index contributed by atoms with van der Waals surface area (Å²) in [5.74, 6) is 1.56. The molecule has 1 aliphatic carbocycles. The molecular formula is C18H29N. The minimum absolute atomic E-state index is 0.520. The fraction of sp³-hybridized carbons (Fsp3) is 0.667. The van der Waals surface area contributed by atoms with Gasteiger partial charge in [0.1, 0.15) is 0 Å². The Morgan fingerprint density at radius 1 is 1.11 bits per heavy atom. The lowest BCUT2D eigenvalue weighted by Gasteiger charge is -2.34. The fourth-order valence-corrected chi connectivity index (χ4v) is 3.28. The SMILES string of the molecule is CC(C)CC(NC1CCCCC1C)c1ccccc1. The van der Waals surface area contributed by atoms with E-state index in [0.29, 0.717) is 12.1 Å². The largest absolute Gasteiger partial charge is 0.307 e. The van der Waals surface area contributed by atoms with Crippen LogP contribution in [0.25, 0.3) is 0 Å². The van der Waals surface area contributed by atoms with Crippen LogP contribution in [0.4, 0.5) is 0 Å². The maximum absolute atomic E-state index is 3.95. The first-order chi connectivity index (χ1) is 9.16. The van der Waals surface area contributed by atoms with Gasteiger partial charge in [0.05, 0.1) is 0 Å². The summed E-state index contributed by atoms with van der Waals surface area (Å²) >= 11 is 0. The Kier molecular flexibility index (Phi) is 5.45. The molecule has 0 radical (unpaired) electrons. The molecule has 1 saturated carbocycles. The van der Waals surface area contributed by atoms with Gasteiger partial charge in [0.15, 0.2) is 0 Å². The van der Waals surface area contributed by atoms with E-state index in [1.54, 1.807) is 0 Å². The molecule has 1 aromatic rings. The molecule has 1 heteroatoms. The van der Waals surface area contributed by atoms with Crippen molar-refractivity contribution < 1.29 is 0 Å². The normalized spacial score (nSPS) is 25.5. The highest BCUT2D eigenvalue weighted by Crippen LogP contribution is 2.28. The van der Waals surface area contributed by atoms with E-state index in [1.807, 2.05) is 0 Å². The van der Waals surface area contributed by atoms with E-state index in [4.69, 9.17) is 0 Å². The van der Waals surface area contributed by atoms with Crippen molar-refractivity contribution >= 4 is 0 Å². The van der Waals surface area contributed by atoms with Crippen LogP contribution in [0.3, 0.4) is 0 Å². The van der Waals surface area contributed by atoms with Gasteiger partial charge in [-0.15, -0.1) is 0 Å². The molecule has 0 saturated heterocycles. The summed E-state index contributed by atoms with van der Waals surface area (Å²) in [5, 5.41) is 3.95. The van der Waals surface area contributed by atoms with E-state index in [-0.39, 0.29) is 0 Å². The maximum atomic E-state index is 3.95. The summed E-state index contributed by atoms with van der Waals surface area (Å²) in [6.07, 6.45) is 6.78. The average Bonchev–Trinajstić information content (AvgIpc) is 2.41. The second kappa shape index (κ2) is 7.09. The minimum Gasteiger partial charge on any atom is -0.307 e. The zero-order chi connectivity index (χ0) is 13.7. The molecule has 0 spiro atoms. The van der Waals surface area contributed by atoms with Gasteiger partial charge in [0, 0.05) is 12.1 Å². The predicted molar refractivity (Wildman–Crippen MR) is 83.2 cm³/mol. The molecule has 19 heavy (non-hydrogen) atoms. The molecular weight excluding hydrogens is 230 g/mol. The van der Waals surface area contributed by atoms with E-state index >= 15 is 0 Å². The van der Waals surface area contributed by atoms with Gasteiger partial charge < -0.3 is 5.32 Å². The summed E-state index contributed by atoms with van der Waals surface area (Å²) in [7, 11) is 0. The highest BCUT2D eigenvalue weighted by atomic mass is 15.0. The molecule has 1 nitrogen and oxygen atoms in total. The number of rotatable bonds is 5. The van der Waals surface area contributed by atoms with Crippen LogP contribution in [-0.2, 0) is 0 Å². The smallest absolute Gasteiger partial charge is 0.0325 e. The molecule has 0 bridgehead atoms. The van der Waals surface area contributed by atoms with Crippen LogP contribution in [-0.4, -0.2) is 6.04 Å². The standard InChI is InChI=1S/C18H29N/c1-14(2)13-18(16-10-5-4-6-11-16)19-17-12-8-7-9-15(17)3/h4-6,10-11,14-15,17-19H,7-9,12-13H2,1-3H3. The number of benzene rings is 1. The third-order valence-electron chi connectivity index (χ3n) is 4.44. The lowest BCUT2D eigenvalue weighted by molar-refractivity contribution is 0.247. The van der Waals surface area contributed by atoms with Crippen LogP contribution >= 0.6 is 0 Å². The Morgan fingerprint density at radius 2 is 1.79 bits per heavy atom. The topological polar surface area (TPSA) is 12.0 Å². The Hall–Kier alpha value is -0.820. The molecule has 0 heterocycles. The second-order valence-corrected chi connectivity index (χ2v) is 6.63. The lowest BCUT2D eigenvalue weighted by Crippen LogP contribution is -2.40. The molecule has 0 aromatic heterocycles. The highest BCUT2D eigenvalue weighted by molar-refractivity contribution is 5.19. The summed E-state index contributed by atoms with van der Waals surface area (Å²) in [6.45, 7) is 7.05. The van der Waals surface area contributed by atoms with Crippen LogP contribution in [0.5, 0.6) is 0 Å². The Bertz CT molecular complexity index is 357. The summed E-state index contributed by atoms with van der Waals surface area (Å²) < 4.78 is 0. The van der Waals surface area contributed by atoms with E-state index in [2.05, 4.69) is 56.4 Å². The van der Waals surface area contributed by atoms with Crippen LogP contribution in [0, 0.1) is 11.8 Å². The van der Waals surface area contributed by atoms with E-state index in [1.165, 1.54) is 37.7 Å². The molecule has 2 rings (SSSR count). The van der Waals surface area contributed by atoms with Gasteiger partial charge in [0.2, 0.25) is 0 Å². The van der Waals surface area contributed by atoms with Crippen LogP contribution in [0.2, 0.25) is 0 Å². The van der Waals surface area contributed by atoms with Gasteiger partial charge in [-0.05, 0) is 36.7 Å². The average molecular weight is 259 g/mol. The summed E-state index contributed by atoms with van der Waals surface area (Å²) in [4.78, 5) is 0. The van der Waals surface area contributed by atoms with E-state index < -0.39 is 0 Å². The van der Waals surface area contributed by atoms with Gasteiger partial charge >= 0.3 is 0 Å². The Labute approximate surface area is 118 Å². The second-order valence-electron chi connectivity index (χ2n) is 6.63. The van der Waals surface area contributed by atoms with Gasteiger partial charge in [-0.1, -0.05) is 63.9 Å². The molecule has 1 N–H and O–H groups in total. The van der Waals surface area contributed by atoms with Crippen molar-refractivity contribution in [3.05, 3.63) is 35.9 Å². The summed E-state index contributed by atoms with van der Waals surface area (Å²) in [5.41, 5.74) is 1.45. The van der Waals surface area contributed by atoms with Crippen molar-refractivity contribution in [1.29, 1.82) is 0 Å². The molecule has 1 aliphatic rings. The molecule has 1 aromatic carbocycles. The van der Waals surface area contributed by atoms with E-state index in [9.17, 15) is 0 Å². The Balaban J connectivity index is 2.05. The van der Waals surface area contributed by atoms with Crippen LogP contribution < -0.4 is 5.32 Å². The minimum atomic E-state index is 0.520. The number of nitrogens with one attached hydrogen (secondary N) is 1. The zero-order valence-corrected chi connectivity index (χ0v) is 12.7. The van der Waals surface area contributed by atoms with Gasteiger partial charge in [-0.2, -0.15) is 0 Å². The first-order valence-corrected chi connectivity index (χ1v) is 7.98. The third kappa shape index (κ3) is 4.35. The fourth-order valence-electron chi connectivity index (χ4n) is 3.28. The quantitative estimate of drug-likeness (QED) is 0.789. The molecule has 1 fully saturated rings. The van der Waals surface area contributed by atoms with Crippen molar-refractivity contribution in [2.45, 2.75) is 65.0 Å². The van der Waals surface area contributed by atoms with Crippen molar-refractivity contribution in [3.63, 3.8) is 0 Å². The highest BCUT2D eigenvalue weighted by Gasteiger charge is 2.24. The number of hydrogen-bond donors (Lipinski definition) is 1. The first kappa shape index (κ1) is 14.6. The van der Waals surface area contributed by atoms with E-state index in [0.717, 1.165) is 11.8 Å². The monoisotopic (exact) mass is 259 g/mol. The molecule has 3 atom stereocenters. The van der Waals surface area contributed by atoms with Crippen molar-refractivity contribution in [3.8, 4) is 0 Å². The van der Waals surface area contributed by atoms with Crippen LogP contribution in [0.15, 0.2) is 30.3 Å². The zero-order valence-electron chi connectivity index (χ0n) is 12.7. The lowest BCUT2D eigenvalue weighted by atomic mass is 9.84. The predicted octanol–water partition coefficient (Wildman–Crippen LogP) is 4.94. The molecule has 0 aliphatic heterocycles. The van der Waals surface area contributed by atoms with Gasteiger partial charge in [0.25, 0.3) is 0 Å². The van der Waals surface area contributed by atoms with Crippen molar-refractivity contribution in [1.82, 2.24) is 5.32 Å². The number of hydrogen-bond acceptors (Lipinski definition) is 1. The van der Waals surface area contributed by atoms with Gasteiger partial charge in [-0.25, -0.2) is 0 Å². The van der Waals surface area contributed by atoms with Gasteiger partial charge in [-0.3, -0.25) is 0 Å². The van der Waals surface area contributed by atoms with Crippen molar-refractivity contribution in [2.24, 2.45) is 11.8 Å². The summed E-state index contributed by atoms with van der Waals surface area (Å²) in [6, 6.07) is 12.2. The molecule has 106 valence electrons.